The number of hydrogen-bond acceptors (Lipinski definition) is 2. The Morgan fingerprint density at radius 1 is 1.57 bits per heavy atom. The van der Waals surface area contributed by atoms with E-state index in [4.69, 9.17) is 22.4 Å². The second kappa shape index (κ2) is 3.56. The van der Waals surface area contributed by atoms with Crippen molar-refractivity contribution in [3.05, 3.63) is 12.2 Å². The lowest BCUT2D eigenvalue weighted by molar-refractivity contribution is 1.56. The van der Waals surface area contributed by atoms with Crippen LogP contribution in [0.25, 0.3) is 0 Å². The standard InChI is InChI=1S/C4H5ClN2/c5-4(7)2-1-3-6/h1-3,6-7H/b2-1-,6-3?,7-4?. The molecule has 0 amide bonds. The molecule has 0 atom stereocenters. The Hall–Kier alpha value is -0.630. The van der Waals surface area contributed by atoms with Crippen molar-refractivity contribution < 1.29 is 0 Å². The van der Waals surface area contributed by atoms with Crippen LogP contribution in [-0.4, -0.2) is 11.4 Å². The van der Waals surface area contributed by atoms with Crippen molar-refractivity contribution in [2.45, 2.75) is 0 Å². The molecular formula is C4H5ClN2. The van der Waals surface area contributed by atoms with Gasteiger partial charge in [-0.05, 0) is 12.2 Å². The minimum atomic E-state index is -0.0523. The van der Waals surface area contributed by atoms with E-state index >= 15 is 0 Å². The van der Waals surface area contributed by atoms with Crippen molar-refractivity contribution in [3.8, 4) is 0 Å². The summed E-state index contributed by atoms with van der Waals surface area (Å²) in [6.07, 6.45) is 3.78. The Morgan fingerprint density at radius 3 is 2.29 bits per heavy atom. The molecule has 0 aromatic heterocycles. The third-order valence-electron chi connectivity index (χ3n) is 0.339. The number of nitrogens with one attached hydrogen (secondary N) is 2. The summed E-state index contributed by atoms with van der Waals surface area (Å²) in [6.45, 7) is 0. The highest BCUT2D eigenvalue weighted by molar-refractivity contribution is 6.67. The maximum atomic E-state index is 6.57. The highest BCUT2D eigenvalue weighted by Gasteiger charge is 1.72. The molecule has 3 heteroatoms. The van der Waals surface area contributed by atoms with Crippen LogP contribution in [0.2, 0.25) is 0 Å². The molecule has 0 aromatic carbocycles. The average molecular weight is 117 g/mol. The minimum absolute atomic E-state index is 0.0523. The summed E-state index contributed by atoms with van der Waals surface area (Å²) in [6, 6.07) is 0. The summed E-state index contributed by atoms with van der Waals surface area (Å²) in [4.78, 5) is 0. The number of halogens is 1. The van der Waals surface area contributed by atoms with Gasteiger partial charge in [-0.15, -0.1) is 0 Å². The van der Waals surface area contributed by atoms with Gasteiger partial charge in [0.05, 0.1) is 0 Å². The van der Waals surface area contributed by atoms with Crippen LogP contribution < -0.4 is 0 Å². The van der Waals surface area contributed by atoms with Crippen molar-refractivity contribution in [2.24, 2.45) is 0 Å². The quantitative estimate of drug-likeness (QED) is 0.513. The van der Waals surface area contributed by atoms with Crippen molar-refractivity contribution in [2.75, 3.05) is 0 Å². The van der Waals surface area contributed by atoms with E-state index in [-0.39, 0.29) is 5.17 Å². The predicted octanol–water partition coefficient (Wildman–Crippen LogP) is 1.41. The molecule has 0 bridgehead atoms. The van der Waals surface area contributed by atoms with Gasteiger partial charge in [0, 0.05) is 6.21 Å². The largest absolute Gasteiger partial charge is 0.309 e. The predicted molar refractivity (Wildman–Crippen MR) is 31.5 cm³/mol. The van der Waals surface area contributed by atoms with Gasteiger partial charge in [-0.25, -0.2) is 0 Å². The van der Waals surface area contributed by atoms with E-state index in [1.54, 1.807) is 0 Å². The van der Waals surface area contributed by atoms with Crippen molar-refractivity contribution >= 4 is 23.0 Å². The lowest BCUT2D eigenvalue weighted by Crippen LogP contribution is -1.71. The van der Waals surface area contributed by atoms with Crippen LogP contribution >= 0.6 is 11.6 Å². The van der Waals surface area contributed by atoms with Crippen molar-refractivity contribution in [3.63, 3.8) is 0 Å². The number of allylic oxidation sites excluding steroid dienone is 2. The first-order chi connectivity index (χ1) is 3.27. The van der Waals surface area contributed by atoms with Gasteiger partial charge in [-0.2, -0.15) is 0 Å². The molecule has 0 aliphatic carbocycles. The molecule has 2 N–H and O–H groups in total. The summed E-state index contributed by atoms with van der Waals surface area (Å²) in [5, 5.41) is 12.9. The lowest BCUT2D eigenvalue weighted by atomic mass is 10.5. The van der Waals surface area contributed by atoms with Crippen LogP contribution in [-0.2, 0) is 0 Å². The maximum absolute atomic E-state index is 6.57. The van der Waals surface area contributed by atoms with Gasteiger partial charge < -0.3 is 5.41 Å². The highest BCUT2D eigenvalue weighted by Crippen LogP contribution is 1.79. The van der Waals surface area contributed by atoms with E-state index in [9.17, 15) is 0 Å². The summed E-state index contributed by atoms with van der Waals surface area (Å²) in [7, 11) is 0. The fourth-order valence-corrected chi connectivity index (χ4v) is 0.205. The molecule has 0 aliphatic heterocycles. The van der Waals surface area contributed by atoms with Gasteiger partial charge in [0.25, 0.3) is 0 Å². The molecule has 0 aromatic rings. The Bertz CT molecular complexity index is 106. The Labute approximate surface area is 46.8 Å². The molecule has 0 spiro atoms. The Morgan fingerprint density at radius 2 is 2.14 bits per heavy atom. The van der Waals surface area contributed by atoms with E-state index < -0.39 is 0 Å². The lowest BCUT2D eigenvalue weighted by Gasteiger charge is -1.71. The molecule has 7 heavy (non-hydrogen) atoms. The molecule has 0 saturated carbocycles. The van der Waals surface area contributed by atoms with Crippen molar-refractivity contribution in [1.82, 2.24) is 0 Å². The zero-order valence-corrected chi connectivity index (χ0v) is 4.37. The van der Waals surface area contributed by atoms with Crippen LogP contribution in [0.4, 0.5) is 0 Å². The van der Waals surface area contributed by atoms with Gasteiger partial charge in [-0.1, -0.05) is 11.6 Å². The molecule has 38 valence electrons. The van der Waals surface area contributed by atoms with Gasteiger partial charge >= 0.3 is 0 Å². The van der Waals surface area contributed by atoms with E-state index in [1.807, 2.05) is 0 Å². The van der Waals surface area contributed by atoms with Crippen LogP contribution in [0.5, 0.6) is 0 Å². The average Bonchev–Trinajstić information content (AvgIpc) is 1.61. The van der Waals surface area contributed by atoms with E-state index in [0.717, 1.165) is 6.21 Å². The zero-order valence-electron chi connectivity index (χ0n) is 3.61. The van der Waals surface area contributed by atoms with Crippen LogP contribution in [0.1, 0.15) is 0 Å². The van der Waals surface area contributed by atoms with Crippen LogP contribution in [0, 0.1) is 10.8 Å². The third kappa shape index (κ3) is 5.37. The van der Waals surface area contributed by atoms with Crippen LogP contribution in [0.15, 0.2) is 12.2 Å². The van der Waals surface area contributed by atoms with Gasteiger partial charge in [0.1, 0.15) is 5.17 Å². The first-order valence-electron chi connectivity index (χ1n) is 1.68. The second-order valence-electron chi connectivity index (χ2n) is 0.874. The smallest absolute Gasteiger partial charge is 0.120 e. The summed E-state index contributed by atoms with van der Waals surface area (Å²) in [5.74, 6) is 0. The van der Waals surface area contributed by atoms with Gasteiger partial charge in [-0.3, -0.25) is 5.41 Å². The van der Waals surface area contributed by atoms with Crippen LogP contribution in [0.3, 0.4) is 0 Å². The fourth-order valence-electron chi connectivity index (χ4n) is 0.133. The monoisotopic (exact) mass is 116 g/mol. The topological polar surface area (TPSA) is 47.7 Å². The summed E-state index contributed by atoms with van der Waals surface area (Å²) >= 11 is 5.05. The minimum Gasteiger partial charge on any atom is -0.309 e. The second-order valence-corrected chi connectivity index (χ2v) is 1.28. The summed E-state index contributed by atoms with van der Waals surface area (Å²) < 4.78 is 0. The summed E-state index contributed by atoms with van der Waals surface area (Å²) in [5.41, 5.74) is 0. The highest BCUT2D eigenvalue weighted by atomic mass is 35.5. The Balaban J connectivity index is 3.46. The first kappa shape index (κ1) is 6.37. The molecule has 0 radical (unpaired) electrons. The number of rotatable bonds is 2. The van der Waals surface area contributed by atoms with Gasteiger partial charge in [0.15, 0.2) is 0 Å². The van der Waals surface area contributed by atoms with Crippen molar-refractivity contribution in [1.29, 1.82) is 10.8 Å². The molecule has 2 nitrogen and oxygen atoms in total. The molecular weight excluding hydrogens is 112 g/mol. The molecule has 0 rings (SSSR count). The first-order valence-corrected chi connectivity index (χ1v) is 2.06. The molecule has 0 saturated heterocycles. The maximum Gasteiger partial charge on any atom is 0.120 e. The SMILES string of the molecule is N=C/C=C\C(=N)Cl. The van der Waals surface area contributed by atoms with Gasteiger partial charge in [0.2, 0.25) is 0 Å². The normalized spacial score (nSPS) is 9.29. The third-order valence-corrected chi connectivity index (χ3v) is 0.465. The van der Waals surface area contributed by atoms with E-state index in [2.05, 4.69) is 0 Å². The molecule has 0 heterocycles. The molecule has 0 aliphatic rings. The van der Waals surface area contributed by atoms with E-state index in [1.165, 1.54) is 12.2 Å². The molecule has 0 fully saturated rings. The molecule has 0 unspecified atom stereocenters. The Kier molecular flexibility index (Phi) is 3.24. The van der Waals surface area contributed by atoms with E-state index in [0.29, 0.717) is 0 Å². The fraction of sp³-hybridized carbons (Fsp3) is 0. The number of hydrogen-bond donors (Lipinski definition) is 2. The zero-order chi connectivity index (χ0) is 5.70.